The van der Waals surface area contributed by atoms with E-state index in [-0.39, 0.29) is 0 Å². The van der Waals surface area contributed by atoms with Crippen molar-refractivity contribution in [2.75, 3.05) is 0 Å². The van der Waals surface area contributed by atoms with Gasteiger partial charge in [0.1, 0.15) is 0 Å². The Morgan fingerprint density at radius 1 is 0.765 bits per heavy atom. The van der Waals surface area contributed by atoms with Gasteiger partial charge in [0.15, 0.2) is 0 Å². The van der Waals surface area contributed by atoms with Crippen molar-refractivity contribution in [1.82, 2.24) is 0 Å². The minimum absolute atomic E-state index is 1.41. The van der Waals surface area contributed by atoms with E-state index in [1.807, 2.05) is 0 Å². The Bertz CT molecular complexity index is 275. The van der Waals surface area contributed by atoms with Crippen LogP contribution >= 0.6 is 0 Å². The fourth-order valence-electron chi connectivity index (χ4n) is 3.26. The first-order valence-corrected chi connectivity index (χ1v) is 15.4. The number of benzene rings is 1. The van der Waals surface area contributed by atoms with Crippen LogP contribution in [0.3, 0.4) is 0 Å². The summed E-state index contributed by atoms with van der Waals surface area (Å²) in [5.74, 6) is 0. The molecule has 1 heteroatoms. The molecule has 0 aromatic heterocycles. The van der Waals surface area contributed by atoms with Gasteiger partial charge in [-0.15, -0.1) is 0 Å². The van der Waals surface area contributed by atoms with E-state index in [2.05, 4.69) is 51.1 Å². The number of rotatable bonds is 8. The Hall–Kier alpha value is 0.0187. The van der Waals surface area contributed by atoms with Gasteiger partial charge in [0.05, 0.1) is 0 Å². The molecule has 17 heavy (non-hydrogen) atoms. The molecule has 1 aromatic rings. The molecule has 1 rings (SSSR count). The van der Waals surface area contributed by atoms with Crippen molar-refractivity contribution in [3.05, 3.63) is 35.9 Å². The van der Waals surface area contributed by atoms with Gasteiger partial charge < -0.3 is 0 Å². The van der Waals surface area contributed by atoms with Crippen molar-refractivity contribution in [1.29, 1.82) is 0 Å². The fourth-order valence-corrected chi connectivity index (χ4v) is 19.1. The van der Waals surface area contributed by atoms with Gasteiger partial charge >= 0.3 is 112 Å². The molecule has 0 unspecified atom stereocenters. The maximum absolute atomic E-state index is 2.38. The van der Waals surface area contributed by atoms with Crippen LogP contribution in [0.4, 0.5) is 0 Å². The molecule has 1 aromatic carbocycles. The molecule has 0 aliphatic heterocycles. The normalized spacial score (nSPS) is 11.7. The van der Waals surface area contributed by atoms with Gasteiger partial charge in [-0.25, -0.2) is 0 Å². The second kappa shape index (κ2) is 8.18. The van der Waals surface area contributed by atoms with Crippen LogP contribution in [0.5, 0.6) is 0 Å². The van der Waals surface area contributed by atoms with E-state index < -0.39 is 18.4 Å². The zero-order chi connectivity index (χ0) is 12.6. The van der Waals surface area contributed by atoms with E-state index in [0.717, 1.165) is 0 Å². The van der Waals surface area contributed by atoms with Gasteiger partial charge in [-0.2, -0.15) is 0 Å². The topological polar surface area (TPSA) is 0 Å². The van der Waals surface area contributed by atoms with E-state index in [4.69, 9.17) is 0 Å². The molecular formula is C16H28Sn. The van der Waals surface area contributed by atoms with Gasteiger partial charge in [-0.1, -0.05) is 0 Å². The molecule has 0 aliphatic rings. The fraction of sp³-hybridized carbons (Fsp3) is 0.625. The second-order valence-corrected chi connectivity index (χ2v) is 19.3. The predicted molar refractivity (Wildman–Crippen MR) is 81.2 cm³/mol. The number of hydrogen-bond acceptors (Lipinski definition) is 0. The zero-order valence-corrected chi connectivity index (χ0v) is 14.7. The first-order valence-electron chi connectivity index (χ1n) is 7.30. The molecule has 0 atom stereocenters. The third-order valence-corrected chi connectivity index (χ3v) is 20.4. The van der Waals surface area contributed by atoms with E-state index in [1.54, 1.807) is 18.9 Å². The van der Waals surface area contributed by atoms with Crippen molar-refractivity contribution < 1.29 is 0 Å². The first kappa shape index (κ1) is 15.1. The predicted octanol–water partition coefficient (Wildman–Crippen LogP) is 5.45. The molecule has 0 aliphatic carbocycles. The Morgan fingerprint density at radius 2 is 1.24 bits per heavy atom. The third-order valence-electron chi connectivity index (χ3n) is 3.76. The van der Waals surface area contributed by atoms with Crippen LogP contribution in [0.2, 0.25) is 13.3 Å². The average Bonchev–Trinajstić information content (AvgIpc) is 2.31. The van der Waals surface area contributed by atoms with E-state index >= 15 is 0 Å². The summed E-state index contributed by atoms with van der Waals surface area (Å²) in [4.78, 5) is 0. The van der Waals surface area contributed by atoms with Gasteiger partial charge in [0.25, 0.3) is 0 Å². The maximum atomic E-state index is 2.38. The molecule has 0 amide bonds. The summed E-state index contributed by atoms with van der Waals surface area (Å²) >= 11 is -1.85. The van der Waals surface area contributed by atoms with Crippen molar-refractivity contribution in [2.45, 2.75) is 57.8 Å². The van der Waals surface area contributed by atoms with Gasteiger partial charge in [0.2, 0.25) is 0 Å². The molecule has 0 spiro atoms. The molecule has 0 saturated heterocycles. The minimum atomic E-state index is -1.85. The molecule has 0 bridgehead atoms. The Morgan fingerprint density at radius 3 is 1.65 bits per heavy atom. The SMILES string of the molecule is CC[CH2][Sn]([CH2]CC)([CH2]CC)[CH2]c1ccccc1. The van der Waals surface area contributed by atoms with E-state index in [9.17, 15) is 0 Å². The summed E-state index contributed by atoms with van der Waals surface area (Å²) in [6.45, 7) is 7.13. The van der Waals surface area contributed by atoms with Crippen LogP contribution in [0.1, 0.15) is 45.6 Å². The summed E-state index contributed by atoms with van der Waals surface area (Å²) in [6.07, 6.45) is 4.22. The molecular weight excluding hydrogens is 311 g/mol. The summed E-state index contributed by atoms with van der Waals surface area (Å²) < 4.78 is 6.24. The molecule has 0 saturated carbocycles. The van der Waals surface area contributed by atoms with Crippen molar-refractivity contribution in [2.24, 2.45) is 0 Å². The third kappa shape index (κ3) is 5.03. The van der Waals surface area contributed by atoms with Crippen LogP contribution in [0.15, 0.2) is 30.3 Å². The van der Waals surface area contributed by atoms with Crippen LogP contribution in [-0.4, -0.2) is 18.4 Å². The summed E-state index contributed by atoms with van der Waals surface area (Å²) in [5.41, 5.74) is 1.61. The van der Waals surface area contributed by atoms with Crippen LogP contribution in [0, 0.1) is 0 Å². The van der Waals surface area contributed by atoms with Gasteiger partial charge in [-0.05, 0) is 0 Å². The van der Waals surface area contributed by atoms with Crippen LogP contribution in [0.25, 0.3) is 0 Å². The Labute approximate surface area is 112 Å². The molecule has 0 N–H and O–H groups in total. The molecule has 0 radical (unpaired) electrons. The summed E-state index contributed by atoms with van der Waals surface area (Å²) in [7, 11) is 0. The number of hydrogen-bond donors (Lipinski definition) is 0. The first-order chi connectivity index (χ1) is 8.26. The van der Waals surface area contributed by atoms with Crippen LogP contribution in [-0.2, 0) is 4.44 Å². The zero-order valence-electron chi connectivity index (χ0n) is 11.8. The molecule has 0 fully saturated rings. The van der Waals surface area contributed by atoms with Crippen molar-refractivity contribution in [3.8, 4) is 0 Å². The van der Waals surface area contributed by atoms with E-state index in [1.165, 1.54) is 23.7 Å². The standard InChI is InChI=1S/C7H7.3C3H7.Sn/c1-7-5-3-2-4-6-7;3*1-3-2;/h2-6H,1H2;3*1,3H2,2H3;. The Kier molecular flexibility index (Phi) is 7.25. The van der Waals surface area contributed by atoms with Gasteiger partial charge in [0, 0.05) is 0 Å². The van der Waals surface area contributed by atoms with Gasteiger partial charge in [-0.3, -0.25) is 0 Å². The van der Waals surface area contributed by atoms with Crippen LogP contribution < -0.4 is 0 Å². The molecule has 0 heterocycles. The molecule has 0 nitrogen and oxygen atoms in total. The monoisotopic (exact) mass is 340 g/mol. The molecule has 96 valence electrons. The van der Waals surface area contributed by atoms with Crippen molar-refractivity contribution >= 4 is 18.4 Å². The quantitative estimate of drug-likeness (QED) is 0.553. The average molecular weight is 339 g/mol. The van der Waals surface area contributed by atoms with E-state index in [0.29, 0.717) is 0 Å². The summed E-state index contributed by atoms with van der Waals surface area (Å²) in [6, 6.07) is 11.2. The summed E-state index contributed by atoms with van der Waals surface area (Å²) in [5, 5.41) is 0. The second-order valence-electron chi connectivity index (χ2n) is 5.41. The van der Waals surface area contributed by atoms with Crippen molar-refractivity contribution in [3.63, 3.8) is 0 Å². The Balaban J connectivity index is 2.80.